The Kier molecular flexibility index (Phi) is 6.31. The van der Waals surface area contributed by atoms with Gasteiger partial charge in [-0.2, -0.15) is 0 Å². The van der Waals surface area contributed by atoms with E-state index in [1.807, 2.05) is 31.2 Å². The second-order valence-electron chi connectivity index (χ2n) is 7.09. The Hall–Kier alpha value is -4.26. The van der Waals surface area contributed by atoms with Crippen LogP contribution in [-0.4, -0.2) is 32.6 Å². The lowest BCUT2D eigenvalue weighted by atomic mass is 10.1. The van der Waals surface area contributed by atoms with Gasteiger partial charge in [0.25, 0.3) is 0 Å². The highest BCUT2D eigenvalue weighted by Crippen LogP contribution is 2.35. The minimum absolute atomic E-state index is 0.190. The fourth-order valence-corrected chi connectivity index (χ4v) is 3.30. The maximum Gasteiger partial charge on any atom is 0.343 e. The molecule has 0 unspecified atom stereocenters. The molecule has 1 aliphatic rings. The van der Waals surface area contributed by atoms with Crippen molar-refractivity contribution in [3.63, 3.8) is 0 Å². The normalized spacial score (nSPS) is 13.3. The Morgan fingerprint density at radius 1 is 0.879 bits per heavy atom. The Labute approximate surface area is 191 Å². The molecule has 3 aromatic carbocycles. The molecule has 0 N–H and O–H groups in total. The average Bonchev–Trinajstić information content (AvgIpc) is 3.14. The minimum atomic E-state index is -0.596. The van der Waals surface area contributed by atoms with Crippen LogP contribution in [0, 0.1) is 0 Å². The number of methoxy groups -OCH3 is 2. The molecule has 0 radical (unpaired) electrons. The average molecular weight is 446 g/mol. The molecule has 1 heterocycles. The van der Waals surface area contributed by atoms with Crippen molar-refractivity contribution in [2.75, 3.05) is 20.8 Å². The third-order valence-electron chi connectivity index (χ3n) is 4.93. The van der Waals surface area contributed by atoms with Gasteiger partial charge < -0.3 is 23.7 Å². The van der Waals surface area contributed by atoms with Gasteiger partial charge >= 0.3 is 5.97 Å². The van der Waals surface area contributed by atoms with E-state index in [4.69, 9.17) is 23.7 Å². The predicted molar refractivity (Wildman–Crippen MR) is 121 cm³/mol. The van der Waals surface area contributed by atoms with Gasteiger partial charge in [0.1, 0.15) is 28.7 Å². The molecule has 0 bridgehead atoms. The van der Waals surface area contributed by atoms with Crippen LogP contribution in [0.15, 0.2) is 66.4 Å². The number of hydrogen-bond donors (Lipinski definition) is 0. The molecule has 0 fully saturated rings. The van der Waals surface area contributed by atoms with Gasteiger partial charge in [-0.1, -0.05) is 12.1 Å². The first-order chi connectivity index (χ1) is 16.0. The number of ketones is 1. The summed E-state index contributed by atoms with van der Waals surface area (Å²) in [6, 6.07) is 16.7. The molecule has 0 spiro atoms. The third kappa shape index (κ3) is 4.82. The summed E-state index contributed by atoms with van der Waals surface area (Å²) >= 11 is 0. The van der Waals surface area contributed by atoms with E-state index in [1.54, 1.807) is 36.4 Å². The van der Waals surface area contributed by atoms with Crippen LogP contribution in [0.1, 0.15) is 33.2 Å². The van der Waals surface area contributed by atoms with Crippen molar-refractivity contribution in [2.45, 2.75) is 6.92 Å². The van der Waals surface area contributed by atoms with Gasteiger partial charge in [0.2, 0.25) is 5.78 Å². The van der Waals surface area contributed by atoms with Crippen molar-refractivity contribution in [1.29, 1.82) is 0 Å². The summed E-state index contributed by atoms with van der Waals surface area (Å²) in [5.41, 5.74) is 1.46. The second-order valence-corrected chi connectivity index (χ2v) is 7.09. The molecule has 0 atom stereocenters. The molecule has 168 valence electrons. The van der Waals surface area contributed by atoms with Crippen LogP contribution in [0.2, 0.25) is 0 Å². The van der Waals surface area contributed by atoms with Gasteiger partial charge in [-0.25, -0.2) is 4.79 Å². The van der Waals surface area contributed by atoms with E-state index in [9.17, 15) is 9.59 Å². The highest BCUT2D eigenvalue weighted by molar-refractivity contribution is 6.14. The quantitative estimate of drug-likeness (QED) is 0.289. The van der Waals surface area contributed by atoms with Crippen LogP contribution < -0.4 is 23.7 Å². The van der Waals surface area contributed by atoms with E-state index in [0.717, 1.165) is 11.3 Å². The lowest BCUT2D eigenvalue weighted by molar-refractivity contribution is 0.0733. The number of carbonyl (C=O) groups is 2. The van der Waals surface area contributed by atoms with Crippen LogP contribution in [-0.2, 0) is 0 Å². The van der Waals surface area contributed by atoms with Crippen LogP contribution in [0.3, 0.4) is 0 Å². The van der Waals surface area contributed by atoms with E-state index >= 15 is 0 Å². The highest BCUT2D eigenvalue weighted by Gasteiger charge is 2.28. The molecule has 0 aliphatic carbocycles. The van der Waals surface area contributed by atoms with Gasteiger partial charge in [0, 0.05) is 12.1 Å². The zero-order valence-electron chi connectivity index (χ0n) is 18.4. The number of fused-ring (bicyclic) bond motifs is 1. The molecule has 4 rings (SSSR count). The molecular weight excluding hydrogens is 424 g/mol. The summed E-state index contributed by atoms with van der Waals surface area (Å²) in [6.45, 7) is 2.49. The maximum absolute atomic E-state index is 12.7. The van der Waals surface area contributed by atoms with Crippen LogP contribution >= 0.6 is 0 Å². The SMILES string of the molecule is CCOc1ccc(/C=C2\Oc3cc(OC(=O)c4cc(OC)cc(OC)c4)ccc3C2=O)cc1. The number of benzene rings is 3. The molecule has 0 amide bonds. The fraction of sp³-hybridized carbons (Fsp3) is 0.154. The second kappa shape index (κ2) is 9.48. The fourth-order valence-electron chi connectivity index (χ4n) is 3.30. The van der Waals surface area contributed by atoms with E-state index in [1.165, 1.54) is 20.3 Å². The van der Waals surface area contributed by atoms with Gasteiger partial charge in [-0.3, -0.25) is 4.79 Å². The van der Waals surface area contributed by atoms with Crippen molar-refractivity contribution < 1.29 is 33.3 Å². The van der Waals surface area contributed by atoms with Crippen LogP contribution in [0.5, 0.6) is 28.7 Å². The Balaban J connectivity index is 1.51. The van der Waals surface area contributed by atoms with Crippen molar-refractivity contribution in [3.8, 4) is 28.7 Å². The van der Waals surface area contributed by atoms with E-state index in [0.29, 0.717) is 29.4 Å². The van der Waals surface area contributed by atoms with Crippen molar-refractivity contribution >= 4 is 17.8 Å². The number of ether oxygens (including phenoxy) is 5. The van der Waals surface area contributed by atoms with Crippen molar-refractivity contribution in [3.05, 3.63) is 83.1 Å². The highest BCUT2D eigenvalue weighted by atomic mass is 16.5. The Morgan fingerprint density at radius 3 is 2.18 bits per heavy atom. The lowest BCUT2D eigenvalue weighted by Gasteiger charge is -2.09. The van der Waals surface area contributed by atoms with E-state index in [-0.39, 0.29) is 22.9 Å². The minimum Gasteiger partial charge on any atom is -0.497 e. The molecule has 0 saturated carbocycles. The topological polar surface area (TPSA) is 80.3 Å². The van der Waals surface area contributed by atoms with Gasteiger partial charge in [-0.05, 0) is 55.0 Å². The first kappa shape index (κ1) is 22.0. The number of hydrogen-bond acceptors (Lipinski definition) is 7. The van der Waals surface area contributed by atoms with E-state index < -0.39 is 5.97 Å². The van der Waals surface area contributed by atoms with Gasteiger partial charge in [-0.15, -0.1) is 0 Å². The van der Waals surface area contributed by atoms with Crippen LogP contribution in [0.4, 0.5) is 0 Å². The zero-order valence-corrected chi connectivity index (χ0v) is 18.4. The summed E-state index contributed by atoms with van der Waals surface area (Å²) in [6.07, 6.45) is 1.66. The molecule has 1 aliphatic heterocycles. The first-order valence-electron chi connectivity index (χ1n) is 10.3. The van der Waals surface area contributed by atoms with E-state index in [2.05, 4.69) is 0 Å². The Morgan fingerprint density at radius 2 is 1.55 bits per heavy atom. The molecule has 3 aromatic rings. The van der Waals surface area contributed by atoms with Crippen molar-refractivity contribution in [1.82, 2.24) is 0 Å². The molecule has 0 aromatic heterocycles. The zero-order chi connectivity index (χ0) is 23.4. The Bertz CT molecular complexity index is 1200. The number of Topliss-reactive ketones (excluding diaryl/α,β-unsaturated/α-hetero) is 1. The molecular formula is C26H22O7. The van der Waals surface area contributed by atoms with Crippen molar-refractivity contribution in [2.24, 2.45) is 0 Å². The number of rotatable bonds is 7. The number of carbonyl (C=O) groups excluding carboxylic acids is 2. The van der Waals surface area contributed by atoms with Gasteiger partial charge in [0.05, 0.1) is 32.0 Å². The monoisotopic (exact) mass is 446 g/mol. The first-order valence-corrected chi connectivity index (χ1v) is 10.3. The number of esters is 1. The summed E-state index contributed by atoms with van der Waals surface area (Å²) < 4.78 is 27.0. The van der Waals surface area contributed by atoms with Gasteiger partial charge in [0.15, 0.2) is 5.76 Å². The summed E-state index contributed by atoms with van der Waals surface area (Å²) in [5.74, 6) is 1.61. The number of allylic oxidation sites excluding steroid dienone is 1. The lowest BCUT2D eigenvalue weighted by Crippen LogP contribution is -2.09. The largest absolute Gasteiger partial charge is 0.497 e. The standard InChI is InChI=1S/C26H22O7/c1-4-31-18-7-5-16(6-8-18)11-24-25(27)22-10-9-19(15-23(22)33-24)32-26(28)17-12-20(29-2)14-21(13-17)30-3/h5-15H,4H2,1-3H3/b24-11-. The molecule has 7 nitrogen and oxygen atoms in total. The molecule has 7 heteroatoms. The predicted octanol–water partition coefficient (Wildman–Crippen LogP) is 4.94. The summed E-state index contributed by atoms with van der Waals surface area (Å²) in [4.78, 5) is 25.3. The maximum atomic E-state index is 12.7. The summed E-state index contributed by atoms with van der Waals surface area (Å²) in [7, 11) is 2.99. The van der Waals surface area contributed by atoms with Crippen LogP contribution in [0.25, 0.3) is 6.08 Å². The molecule has 0 saturated heterocycles. The summed E-state index contributed by atoms with van der Waals surface area (Å²) in [5, 5.41) is 0. The molecule has 33 heavy (non-hydrogen) atoms. The third-order valence-corrected chi connectivity index (χ3v) is 4.93. The smallest absolute Gasteiger partial charge is 0.343 e.